The van der Waals surface area contributed by atoms with Crippen LogP contribution in [0, 0.1) is 13.8 Å². The summed E-state index contributed by atoms with van der Waals surface area (Å²) in [5.41, 5.74) is 3.46. The molecule has 2 aromatic rings. The van der Waals surface area contributed by atoms with Crippen LogP contribution >= 0.6 is 0 Å². The van der Waals surface area contributed by atoms with Crippen molar-refractivity contribution in [3.05, 3.63) is 59.2 Å². The zero-order valence-electron chi connectivity index (χ0n) is 13.2. The summed E-state index contributed by atoms with van der Waals surface area (Å²) in [6.45, 7) is 4.54. The van der Waals surface area contributed by atoms with Gasteiger partial charge in [-0.3, -0.25) is 4.79 Å². The molecule has 0 atom stereocenters. The number of hydrogen-bond donors (Lipinski definition) is 1. The summed E-state index contributed by atoms with van der Waals surface area (Å²) in [5.74, 6) is 1.02. The van der Waals surface area contributed by atoms with Gasteiger partial charge >= 0.3 is 0 Å². The smallest absolute Gasteiger partial charge is 0.258 e. The minimum Gasteiger partial charge on any atom is -0.493 e. The van der Waals surface area contributed by atoms with E-state index in [4.69, 9.17) is 9.47 Å². The van der Waals surface area contributed by atoms with Crippen LogP contribution in [-0.2, 0) is 11.3 Å². The molecule has 2 rings (SSSR count). The van der Waals surface area contributed by atoms with Crippen LogP contribution in [0.15, 0.2) is 42.5 Å². The molecule has 0 aliphatic carbocycles. The molecule has 1 N–H and O–H groups in total. The highest BCUT2D eigenvalue weighted by Crippen LogP contribution is 2.25. The van der Waals surface area contributed by atoms with Crippen molar-refractivity contribution in [1.29, 1.82) is 0 Å². The summed E-state index contributed by atoms with van der Waals surface area (Å²) in [6.07, 6.45) is 0. The number of para-hydroxylation sites is 2. The number of hydrogen-bond acceptors (Lipinski definition) is 3. The van der Waals surface area contributed by atoms with Crippen molar-refractivity contribution >= 4 is 5.91 Å². The SMILES string of the molecule is COc1ccccc1OCC(=O)NCc1cc(C)ccc1C. The minimum absolute atomic E-state index is 0.0365. The molecule has 0 aliphatic heterocycles. The minimum atomic E-state index is -0.160. The number of amides is 1. The fourth-order valence-electron chi connectivity index (χ4n) is 2.12. The van der Waals surface area contributed by atoms with Crippen molar-refractivity contribution < 1.29 is 14.3 Å². The number of methoxy groups -OCH3 is 1. The van der Waals surface area contributed by atoms with E-state index in [-0.39, 0.29) is 12.5 Å². The third kappa shape index (κ3) is 4.25. The maximum Gasteiger partial charge on any atom is 0.258 e. The molecule has 1 amide bonds. The molecule has 116 valence electrons. The fraction of sp³-hybridized carbons (Fsp3) is 0.278. The van der Waals surface area contributed by atoms with Crippen molar-refractivity contribution in [2.75, 3.05) is 13.7 Å². The summed E-state index contributed by atoms with van der Waals surface area (Å²) in [6, 6.07) is 13.5. The Kier molecular flexibility index (Phi) is 5.42. The normalized spacial score (nSPS) is 10.1. The average Bonchev–Trinajstić information content (AvgIpc) is 2.54. The number of rotatable bonds is 6. The van der Waals surface area contributed by atoms with Crippen LogP contribution in [0.1, 0.15) is 16.7 Å². The highest BCUT2D eigenvalue weighted by molar-refractivity contribution is 5.77. The monoisotopic (exact) mass is 299 g/mol. The molecule has 0 heterocycles. The number of carbonyl (C=O) groups is 1. The van der Waals surface area contributed by atoms with Crippen LogP contribution in [0.25, 0.3) is 0 Å². The Morgan fingerprint density at radius 1 is 1.09 bits per heavy atom. The Bertz CT molecular complexity index is 653. The highest BCUT2D eigenvalue weighted by Gasteiger charge is 2.07. The predicted octanol–water partition coefficient (Wildman–Crippen LogP) is 3.01. The molecule has 22 heavy (non-hydrogen) atoms. The zero-order chi connectivity index (χ0) is 15.9. The maximum atomic E-state index is 11.9. The number of carbonyl (C=O) groups excluding carboxylic acids is 1. The van der Waals surface area contributed by atoms with E-state index in [1.54, 1.807) is 19.2 Å². The Morgan fingerprint density at radius 2 is 1.82 bits per heavy atom. The molecule has 0 saturated carbocycles. The molecule has 0 fully saturated rings. The summed E-state index contributed by atoms with van der Waals surface area (Å²) in [7, 11) is 1.57. The molecule has 0 saturated heterocycles. The molecule has 0 bridgehead atoms. The summed E-state index contributed by atoms with van der Waals surface area (Å²) in [4.78, 5) is 11.9. The van der Waals surface area contributed by atoms with E-state index in [1.807, 2.05) is 26.0 Å². The third-order valence-electron chi connectivity index (χ3n) is 3.41. The first-order valence-corrected chi connectivity index (χ1v) is 7.19. The molecule has 0 aromatic heterocycles. The summed E-state index contributed by atoms with van der Waals surface area (Å²) < 4.78 is 10.7. The van der Waals surface area contributed by atoms with Gasteiger partial charge in [-0.05, 0) is 37.1 Å². The number of nitrogens with one attached hydrogen (secondary N) is 1. The molecule has 0 aliphatic rings. The second kappa shape index (κ2) is 7.50. The van der Waals surface area contributed by atoms with Gasteiger partial charge in [-0.15, -0.1) is 0 Å². The van der Waals surface area contributed by atoms with Gasteiger partial charge in [-0.25, -0.2) is 0 Å². The lowest BCUT2D eigenvalue weighted by molar-refractivity contribution is -0.123. The number of aryl methyl sites for hydroxylation is 2. The highest BCUT2D eigenvalue weighted by atomic mass is 16.5. The van der Waals surface area contributed by atoms with Gasteiger partial charge < -0.3 is 14.8 Å². The van der Waals surface area contributed by atoms with E-state index in [2.05, 4.69) is 23.5 Å². The Labute approximate surface area is 131 Å². The maximum absolute atomic E-state index is 11.9. The van der Waals surface area contributed by atoms with Crippen LogP contribution in [-0.4, -0.2) is 19.6 Å². The van der Waals surface area contributed by atoms with E-state index < -0.39 is 0 Å². The van der Waals surface area contributed by atoms with Crippen LogP contribution in [0.3, 0.4) is 0 Å². The first-order valence-electron chi connectivity index (χ1n) is 7.19. The lowest BCUT2D eigenvalue weighted by Crippen LogP contribution is -2.28. The number of ether oxygens (including phenoxy) is 2. The van der Waals surface area contributed by atoms with Gasteiger partial charge in [-0.1, -0.05) is 35.9 Å². The summed E-state index contributed by atoms with van der Waals surface area (Å²) in [5, 5.41) is 2.87. The topological polar surface area (TPSA) is 47.6 Å². The van der Waals surface area contributed by atoms with Gasteiger partial charge in [0.2, 0.25) is 0 Å². The van der Waals surface area contributed by atoms with Crippen molar-refractivity contribution in [2.45, 2.75) is 20.4 Å². The fourth-order valence-corrected chi connectivity index (χ4v) is 2.12. The van der Waals surface area contributed by atoms with E-state index >= 15 is 0 Å². The third-order valence-corrected chi connectivity index (χ3v) is 3.41. The van der Waals surface area contributed by atoms with Crippen LogP contribution < -0.4 is 14.8 Å². The zero-order valence-corrected chi connectivity index (χ0v) is 13.2. The van der Waals surface area contributed by atoms with Gasteiger partial charge in [-0.2, -0.15) is 0 Å². The molecule has 0 unspecified atom stereocenters. The molecule has 0 radical (unpaired) electrons. The largest absolute Gasteiger partial charge is 0.493 e. The molecule has 4 nitrogen and oxygen atoms in total. The molecular formula is C18H21NO3. The predicted molar refractivity (Wildman–Crippen MR) is 86.3 cm³/mol. The van der Waals surface area contributed by atoms with Gasteiger partial charge in [0.05, 0.1) is 7.11 Å². The molecule has 4 heteroatoms. The second-order valence-corrected chi connectivity index (χ2v) is 5.15. The summed E-state index contributed by atoms with van der Waals surface area (Å²) >= 11 is 0. The van der Waals surface area contributed by atoms with Crippen LogP contribution in [0.2, 0.25) is 0 Å². The molecule has 0 spiro atoms. The quantitative estimate of drug-likeness (QED) is 0.892. The van der Waals surface area contributed by atoms with Gasteiger partial charge in [0, 0.05) is 6.54 Å². The van der Waals surface area contributed by atoms with Gasteiger partial charge in [0.25, 0.3) is 5.91 Å². The second-order valence-electron chi connectivity index (χ2n) is 5.15. The molecule has 2 aromatic carbocycles. The Morgan fingerprint density at radius 3 is 2.55 bits per heavy atom. The first-order chi connectivity index (χ1) is 10.6. The lowest BCUT2D eigenvalue weighted by Gasteiger charge is -2.11. The Balaban J connectivity index is 1.87. The first kappa shape index (κ1) is 15.9. The van der Waals surface area contributed by atoms with Crippen molar-refractivity contribution in [1.82, 2.24) is 5.32 Å². The van der Waals surface area contributed by atoms with E-state index in [0.717, 1.165) is 11.1 Å². The molecular weight excluding hydrogens is 278 g/mol. The van der Waals surface area contributed by atoms with Crippen molar-refractivity contribution in [2.24, 2.45) is 0 Å². The van der Waals surface area contributed by atoms with E-state index in [0.29, 0.717) is 18.0 Å². The Hall–Kier alpha value is -2.49. The van der Waals surface area contributed by atoms with Crippen molar-refractivity contribution in [3.8, 4) is 11.5 Å². The van der Waals surface area contributed by atoms with Gasteiger partial charge in [0.15, 0.2) is 18.1 Å². The van der Waals surface area contributed by atoms with E-state index in [9.17, 15) is 4.79 Å². The lowest BCUT2D eigenvalue weighted by atomic mass is 10.1. The standard InChI is InChI=1S/C18H21NO3/c1-13-8-9-14(2)15(10-13)11-19-18(20)12-22-17-7-5-4-6-16(17)21-3/h4-10H,11-12H2,1-3H3,(H,19,20). The average molecular weight is 299 g/mol. The number of benzene rings is 2. The van der Waals surface area contributed by atoms with Crippen LogP contribution in [0.4, 0.5) is 0 Å². The van der Waals surface area contributed by atoms with Crippen LogP contribution in [0.5, 0.6) is 11.5 Å². The van der Waals surface area contributed by atoms with Crippen molar-refractivity contribution in [3.63, 3.8) is 0 Å². The van der Waals surface area contributed by atoms with Gasteiger partial charge in [0.1, 0.15) is 0 Å². The van der Waals surface area contributed by atoms with E-state index in [1.165, 1.54) is 5.56 Å².